The normalized spacial score (nSPS) is 16.4. The lowest BCUT2D eigenvalue weighted by Gasteiger charge is -2.17. The van der Waals surface area contributed by atoms with E-state index < -0.39 is 34.5 Å². The van der Waals surface area contributed by atoms with Crippen LogP contribution in [0.2, 0.25) is 0 Å². The van der Waals surface area contributed by atoms with Crippen LogP contribution in [0.5, 0.6) is 0 Å². The van der Waals surface area contributed by atoms with Crippen LogP contribution in [-0.4, -0.2) is 38.2 Å². The van der Waals surface area contributed by atoms with Crippen LogP contribution in [0.4, 0.5) is 4.79 Å². The number of amides is 1. The highest BCUT2D eigenvalue weighted by molar-refractivity contribution is 7.95. The fraction of sp³-hybridized carbons (Fsp3) is 0.333. The number of hydrogen-bond donors (Lipinski definition) is 2. The van der Waals surface area contributed by atoms with Crippen molar-refractivity contribution in [2.24, 2.45) is 5.92 Å². The zero-order valence-electron chi connectivity index (χ0n) is 12.6. The number of aliphatic carboxylic acids is 1. The molecule has 124 valence electrons. The molecule has 1 aliphatic rings. The summed E-state index contributed by atoms with van der Waals surface area (Å²) in [5.41, 5.74) is 0.539. The average Bonchev–Trinajstić information content (AvgIpc) is 2.73. The second-order valence-electron chi connectivity index (χ2n) is 5.43. The molecule has 1 aromatic carbocycles. The van der Waals surface area contributed by atoms with E-state index in [-0.39, 0.29) is 15.7 Å². The minimum atomic E-state index is -3.66. The van der Waals surface area contributed by atoms with Crippen molar-refractivity contribution >= 4 is 28.0 Å². The molecule has 0 aromatic heterocycles. The summed E-state index contributed by atoms with van der Waals surface area (Å²) < 4.78 is 29.4. The largest absolute Gasteiger partial charge is 0.480 e. The third-order valence-corrected chi connectivity index (χ3v) is 5.30. The highest BCUT2D eigenvalue weighted by atomic mass is 32.2. The van der Waals surface area contributed by atoms with Gasteiger partial charge in [0.05, 0.1) is 9.80 Å². The van der Waals surface area contributed by atoms with Gasteiger partial charge >= 0.3 is 12.1 Å². The van der Waals surface area contributed by atoms with Crippen molar-refractivity contribution in [2.75, 3.05) is 6.61 Å². The molecule has 0 saturated heterocycles. The van der Waals surface area contributed by atoms with E-state index in [1.807, 2.05) is 0 Å². The quantitative estimate of drug-likeness (QED) is 0.844. The minimum absolute atomic E-state index is 0.0368. The molecular formula is C15H17NO6S. The third-order valence-electron chi connectivity index (χ3n) is 3.42. The van der Waals surface area contributed by atoms with Gasteiger partial charge in [-0.05, 0) is 23.6 Å². The monoisotopic (exact) mass is 339 g/mol. The molecule has 1 amide bonds. The van der Waals surface area contributed by atoms with Gasteiger partial charge in [0.25, 0.3) is 0 Å². The number of ether oxygens (including phenoxy) is 1. The number of benzene rings is 1. The van der Waals surface area contributed by atoms with Crippen LogP contribution < -0.4 is 5.32 Å². The maximum Gasteiger partial charge on any atom is 0.408 e. The van der Waals surface area contributed by atoms with Gasteiger partial charge in [-0.1, -0.05) is 32.0 Å². The van der Waals surface area contributed by atoms with Crippen LogP contribution in [0.3, 0.4) is 0 Å². The van der Waals surface area contributed by atoms with Crippen LogP contribution in [-0.2, 0) is 19.4 Å². The van der Waals surface area contributed by atoms with Crippen LogP contribution in [0.1, 0.15) is 19.4 Å². The van der Waals surface area contributed by atoms with Gasteiger partial charge in [-0.3, -0.25) is 0 Å². The Balaban J connectivity index is 2.03. The molecule has 0 bridgehead atoms. The van der Waals surface area contributed by atoms with Gasteiger partial charge in [-0.2, -0.15) is 0 Å². The predicted molar refractivity (Wildman–Crippen MR) is 82.4 cm³/mol. The Bertz CT molecular complexity index is 766. The van der Waals surface area contributed by atoms with E-state index in [9.17, 15) is 18.0 Å². The van der Waals surface area contributed by atoms with Crippen molar-refractivity contribution in [1.29, 1.82) is 0 Å². The van der Waals surface area contributed by atoms with Crippen molar-refractivity contribution in [1.82, 2.24) is 5.32 Å². The van der Waals surface area contributed by atoms with E-state index in [1.165, 1.54) is 12.1 Å². The zero-order valence-corrected chi connectivity index (χ0v) is 13.5. The Morgan fingerprint density at radius 3 is 2.48 bits per heavy atom. The van der Waals surface area contributed by atoms with Crippen molar-refractivity contribution < 1.29 is 27.9 Å². The highest BCUT2D eigenvalue weighted by Crippen LogP contribution is 2.32. The Morgan fingerprint density at radius 2 is 1.91 bits per heavy atom. The molecule has 0 radical (unpaired) electrons. The molecule has 0 aliphatic carbocycles. The number of fused-ring (bicyclic) bond motifs is 1. The van der Waals surface area contributed by atoms with E-state index >= 15 is 0 Å². The molecule has 1 aliphatic heterocycles. The number of alkyl carbamates (subject to hydrolysis) is 1. The predicted octanol–water partition coefficient (Wildman–Crippen LogP) is 1.65. The fourth-order valence-corrected chi connectivity index (χ4v) is 3.65. The summed E-state index contributed by atoms with van der Waals surface area (Å²) >= 11 is 0. The molecule has 0 spiro atoms. The summed E-state index contributed by atoms with van der Waals surface area (Å²) in [6.45, 7) is 2.83. The molecule has 1 atom stereocenters. The number of sulfone groups is 1. The maximum atomic E-state index is 12.3. The first-order chi connectivity index (χ1) is 10.7. The van der Waals surface area contributed by atoms with Gasteiger partial charge in [-0.25, -0.2) is 18.0 Å². The van der Waals surface area contributed by atoms with Crippen molar-refractivity contribution in [3.05, 3.63) is 34.7 Å². The summed E-state index contributed by atoms with van der Waals surface area (Å²) in [7, 11) is -3.66. The Hall–Kier alpha value is -2.35. The third kappa shape index (κ3) is 3.53. The number of carboxylic acids is 1. The molecule has 0 unspecified atom stereocenters. The molecule has 1 heterocycles. The summed E-state index contributed by atoms with van der Waals surface area (Å²) in [5, 5.41) is 11.2. The lowest BCUT2D eigenvalue weighted by Crippen LogP contribution is -2.44. The molecule has 1 aromatic rings. The highest BCUT2D eigenvalue weighted by Gasteiger charge is 2.30. The molecule has 2 N–H and O–H groups in total. The number of rotatable bonds is 5. The molecule has 8 heteroatoms. The zero-order chi connectivity index (χ0) is 17.2. The SMILES string of the molecule is CC(C)[C@@H](NC(=O)OCC1=Cc2ccccc2S1(=O)=O)C(=O)O. The fourth-order valence-electron chi connectivity index (χ4n) is 2.17. The maximum absolute atomic E-state index is 12.3. The number of nitrogens with one attached hydrogen (secondary N) is 1. The smallest absolute Gasteiger partial charge is 0.408 e. The second-order valence-corrected chi connectivity index (χ2v) is 7.40. The summed E-state index contributed by atoms with van der Waals surface area (Å²) in [4.78, 5) is 22.8. The summed E-state index contributed by atoms with van der Waals surface area (Å²) in [5.74, 6) is -1.52. The summed E-state index contributed by atoms with van der Waals surface area (Å²) in [6, 6.07) is 5.35. The van der Waals surface area contributed by atoms with Gasteiger partial charge in [0.2, 0.25) is 9.84 Å². The number of carboxylic acid groups (broad SMARTS) is 1. The average molecular weight is 339 g/mol. The van der Waals surface area contributed by atoms with E-state index in [0.29, 0.717) is 5.56 Å². The van der Waals surface area contributed by atoms with Gasteiger partial charge in [0.15, 0.2) is 0 Å². The lowest BCUT2D eigenvalue weighted by molar-refractivity contribution is -0.140. The van der Waals surface area contributed by atoms with Crippen molar-refractivity contribution in [2.45, 2.75) is 24.8 Å². The second kappa shape index (κ2) is 6.41. The topological polar surface area (TPSA) is 110 Å². The van der Waals surface area contributed by atoms with E-state index in [2.05, 4.69) is 5.32 Å². The molecule has 0 fully saturated rings. The first-order valence-corrected chi connectivity index (χ1v) is 8.42. The Kier molecular flexibility index (Phi) is 4.74. The van der Waals surface area contributed by atoms with E-state index in [1.54, 1.807) is 32.0 Å². The first-order valence-electron chi connectivity index (χ1n) is 6.94. The first kappa shape index (κ1) is 17.0. The lowest BCUT2D eigenvalue weighted by atomic mass is 10.1. The van der Waals surface area contributed by atoms with Gasteiger partial charge in [0.1, 0.15) is 12.6 Å². The van der Waals surface area contributed by atoms with Crippen LogP contribution in [0.15, 0.2) is 34.1 Å². The molecule has 2 rings (SSSR count). The number of hydrogen-bond acceptors (Lipinski definition) is 5. The van der Waals surface area contributed by atoms with Crippen LogP contribution in [0.25, 0.3) is 6.08 Å². The number of carbonyl (C=O) groups excluding carboxylic acids is 1. The molecule has 0 saturated carbocycles. The van der Waals surface area contributed by atoms with Crippen molar-refractivity contribution in [3.8, 4) is 0 Å². The molecule has 7 nitrogen and oxygen atoms in total. The van der Waals surface area contributed by atoms with Crippen LogP contribution >= 0.6 is 0 Å². The van der Waals surface area contributed by atoms with Crippen LogP contribution in [0, 0.1) is 5.92 Å². The summed E-state index contributed by atoms with van der Waals surface area (Å²) in [6.07, 6.45) is 0.466. The van der Waals surface area contributed by atoms with E-state index in [0.717, 1.165) is 0 Å². The van der Waals surface area contributed by atoms with Gasteiger partial charge in [-0.15, -0.1) is 0 Å². The number of carbonyl (C=O) groups is 2. The van der Waals surface area contributed by atoms with E-state index in [4.69, 9.17) is 9.84 Å². The van der Waals surface area contributed by atoms with Gasteiger partial charge < -0.3 is 15.2 Å². The Morgan fingerprint density at radius 1 is 1.26 bits per heavy atom. The molecular weight excluding hydrogens is 322 g/mol. The minimum Gasteiger partial charge on any atom is -0.480 e. The molecule has 23 heavy (non-hydrogen) atoms. The van der Waals surface area contributed by atoms with Gasteiger partial charge in [0, 0.05) is 0 Å². The Labute approximate surface area is 133 Å². The van der Waals surface area contributed by atoms with Crippen molar-refractivity contribution in [3.63, 3.8) is 0 Å². The standard InChI is InChI=1S/C15H17NO6S/c1-9(2)13(14(17)18)16-15(19)22-8-11-7-10-5-3-4-6-12(10)23(11,20)21/h3-7,9,13H,8H2,1-2H3,(H,16,19)(H,17,18)/t13-/m1/s1.